The van der Waals surface area contributed by atoms with Crippen LogP contribution < -0.4 is 5.32 Å². The van der Waals surface area contributed by atoms with Crippen molar-refractivity contribution in [3.8, 4) is 0 Å². The number of pyridine rings is 1. The Morgan fingerprint density at radius 1 is 1.04 bits per heavy atom. The number of nitrogens with zero attached hydrogens (tertiary/aromatic N) is 4. The summed E-state index contributed by atoms with van der Waals surface area (Å²) in [7, 11) is 0. The zero-order valence-electron chi connectivity index (χ0n) is 15.3. The molecule has 7 heteroatoms. The third-order valence-electron chi connectivity index (χ3n) is 4.42. The SMILES string of the molecule is CCCc1cc(Nc2ccc(Cl)c(Cl)c2)n2nc3nc(C)cc(C)c3c2n1. The van der Waals surface area contributed by atoms with Crippen molar-refractivity contribution in [2.75, 3.05) is 5.32 Å². The van der Waals surface area contributed by atoms with E-state index in [1.807, 2.05) is 23.6 Å². The maximum Gasteiger partial charge on any atom is 0.184 e. The van der Waals surface area contributed by atoms with Gasteiger partial charge in [0, 0.05) is 23.1 Å². The number of nitrogens with one attached hydrogen (secondary N) is 1. The molecule has 0 unspecified atom stereocenters. The molecule has 27 heavy (non-hydrogen) atoms. The van der Waals surface area contributed by atoms with Crippen LogP contribution in [-0.2, 0) is 6.42 Å². The van der Waals surface area contributed by atoms with Gasteiger partial charge in [-0.3, -0.25) is 0 Å². The fraction of sp³-hybridized carbons (Fsp3) is 0.250. The third-order valence-corrected chi connectivity index (χ3v) is 5.16. The number of rotatable bonds is 4. The van der Waals surface area contributed by atoms with Crippen LogP contribution in [0.25, 0.3) is 16.7 Å². The molecule has 1 N–H and O–H groups in total. The minimum atomic E-state index is 0.500. The summed E-state index contributed by atoms with van der Waals surface area (Å²) in [4.78, 5) is 9.44. The largest absolute Gasteiger partial charge is 0.340 e. The van der Waals surface area contributed by atoms with Crippen LogP contribution in [0.15, 0.2) is 30.3 Å². The average Bonchev–Trinajstić information content (AvgIpc) is 2.97. The maximum atomic E-state index is 6.17. The Hall–Kier alpha value is -2.37. The smallest absolute Gasteiger partial charge is 0.184 e. The van der Waals surface area contributed by atoms with Crippen LogP contribution in [-0.4, -0.2) is 19.6 Å². The molecule has 0 bridgehead atoms. The molecule has 0 radical (unpaired) electrons. The van der Waals surface area contributed by atoms with Gasteiger partial charge in [0.15, 0.2) is 11.3 Å². The standard InChI is InChI=1S/C20H19Cl2N5/c1-4-5-13-10-17(24-14-6-7-15(21)16(22)9-14)27-20(25-13)18-11(2)8-12(3)23-19(18)26-27/h6-10,24H,4-5H2,1-3H3. The highest BCUT2D eigenvalue weighted by atomic mass is 35.5. The summed E-state index contributed by atoms with van der Waals surface area (Å²) in [5, 5.41) is 10.1. The minimum Gasteiger partial charge on any atom is -0.340 e. The number of aromatic nitrogens is 4. The average molecular weight is 400 g/mol. The lowest BCUT2D eigenvalue weighted by Crippen LogP contribution is -2.04. The number of hydrogen-bond acceptors (Lipinski definition) is 4. The van der Waals surface area contributed by atoms with E-state index >= 15 is 0 Å². The number of benzene rings is 1. The summed E-state index contributed by atoms with van der Waals surface area (Å²) in [6.45, 7) is 6.18. The highest BCUT2D eigenvalue weighted by Crippen LogP contribution is 2.29. The van der Waals surface area contributed by atoms with Gasteiger partial charge in [0.05, 0.1) is 15.4 Å². The molecule has 0 aliphatic heterocycles. The van der Waals surface area contributed by atoms with E-state index in [-0.39, 0.29) is 0 Å². The molecule has 3 aromatic heterocycles. The van der Waals surface area contributed by atoms with Gasteiger partial charge in [0.25, 0.3) is 0 Å². The van der Waals surface area contributed by atoms with E-state index in [1.54, 1.807) is 12.1 Å². The molecule has 0 saturated carbocycles. The minimum absolute atomic E-state index is 0.500. The molecule has 0 atom stereocenters. The first-order chi connectivity index (χ1) is 13.0. The van der Waals surface area contributed by atoms with Crippen LogP contribution in [0.4, 0.5) is 11.5 Å². The molecule has 4 rings (SSSR count). The molecule has 1 aromatic carbocycles. The Morgan fingerprint density at radius 3 is 2.59 bits per heavy atom. The number of aryl methyl sites for hydroxylation is 3. The molecule has 3 heterocycles. The first kappa shape index (κ1) is 18.0. The summed E-state index contributed by atoms with van der Waals surface area (Å²) >= 11 is 12.2. The van der Waals surface area contributed by atoms with Gasteiger partial charge >= 0.3 is 0 Å². The molecule has 0 aliphatic carbocycles. The van der Waals surface area contributed by atoms with Gasteiger partial charge in [0.2, 0.25) is 0 Å². The van der Waals surface area contributed by atoms with Crippen LogP contribution in [0.3, 0.4) is 0 Å². The van der Waals surface area contributed by atoms with Crippen molar-refractivity contribution in [2.24, 2.45) is 0 Å². The molecule has 138 valence electrons. The van der Waals surface area contributed by atoms with Gasteiger partial charge in [-0.1, -0.05) is 36.5 Å². The van der Waals surface area contributed by atoms with Gasteiger partial charge in [-0.05, 0) is 50.1 Å². The van der Waals surface area contributed by atoms with Gasteiger partial charge in [0.1, 0.15) is 5.82 Å². The first-order valence-electron chi connectivity index (χ1n) is 8.85. The molecule has 0 aliphatic rings. The molecular weight excluding hydrogens is 381 g/mol. The van der Waals surface area contributed by atoms with Crippen molar-refractivity contribution in [2.45, 2.75) is 33.6 Å². The topological polar surface area (TPSA) is 55.1 Å². The first-order valence-corrected chi connectivity index (χ1v) is 9.60. The van der Waals surface area contributed by atoms with Crippen LogP contribution in [0.2, 0.25) is 10.0 Å². The lowest BCUT2D eigenvalue weighted by Gasteiger charge is -2.11. The molecule has 0 spiro atoms. The van der Waals surface area contributed by atoms with Crippen LogP contribution in [0.5, 0.6) is 0 Å². The molecule has 5 nitrogen and oxygen atoms in total. The van der Waals surface area contributed by atoms with Crippen molar-refractivity contribution < 1.29 is 0 Å². The Balaban J connectivity index is 1.94. The number of hydrogen-bond donors (Lipinski definition) is 1. The second-order valence-electron chi connectivity index (χ2n) is 6.65. The highest BCUT2D eigenvalue weighted by Gasteiger charge is 2.15. The van der Waals surface area contributed by atoms with Gasteiger partial charge in [-0.2, -0.15) is 4.52 Å². The fourth-order valence-electron chi connectivity index (χ4n) is 3.27. The zero-order chi connectivity index (χ0) is 19.1. The van der Waals surface area contributed by atoms with E-state index in [0.29, 0.717) is 15.7 Å². The predicted molar refractivity (Wildman–Crippen MR) is 112 cm³/mol. The Bertz CT molecular complexity index is 1170. The van der Waals surface area contributed by atoms with Crippen molar-refractivity contribution in [3.63, 3.8) is 0 Å². The highest BCUT2D eigenvalue weighted by molar-refractivity contribution is 6.42. The second-order valence-corrected chi connectivity index (χ2v) is 7.47. The fourth-order valence-corrected chi connectivity index (χ4v) is 3.57. The Kier molecular flexibility index (Phi) is 4.66. The van der Waals surface area contributed by atoms with Crippen molar-refractivity contribution >= 4 is 51.4 Å². The van der Waals surface area contributed by atoms with Crippen LogP contribution >= 0.6 is 23.2 Å². The summed E-state index contributed by atoms with van der Waals surface area (Å²) < 4.78 is 1.81. The predicted octanol–water partition coefficient (Wildman–Crippen LogP) is 5.90. The Labute approximate surface area is 167 Å². The normalized spacial score (nSPS) is 11.4. The molecule has 0 fully saturated rings. The van der Waals surface area contributed by atoms with E-state index in [1.165, 1.54) is 0 Å². The Morgan fingerprint density at radius 2 is 1.85 bits per heavy atom. The van der Waals surface area contributed by atoms with E-state index in [0.717, 1.165) is 52.3 Å². The monoisotopic (exact) mass is 399 g/mol. The third kappa shape index (κ3) is 3.33. The van der Waals surface area contributed by atoms with Crippen molar-refractivity contribution in [3.05, 3.63) is 57.3 Å². The van der Waals surface area contributed by atoms with Gasteiger partial charge < -0.3 is 5.32 Å². The van der Waals surface area contributed by atoms with Crippen LogP contribution in [0.1, 0.15) is 30.3 Å². The molecule has 0 saturated heterocycles. The van der Waals surface area contributed by atoms with E-state index in [9.17, 15) is 0 Å². The molecule has 4 aromatic rings. The second kappa shape index (κ2) is 6.98. The summed E-state index contributed by atoms with van der Waals surface area (Å²) in [6.07, 6.45) is 1.90. The lowest BCUT2D eigenvalue weighted by molar-refractivity contribution is 0.864. The van der Waals surface area contributed by atoms with Crippen LogP contribution in [0, 0.1) is 13.8 Å². The summed E-state index contributed by atoms with van der Waals surface area (Å²) in [5.74, 6) is 0.817. The van der Waals surface area contributed by atoms with E-state index in [2.05, 4.69) is 30.2 Å². The summed E-state index contributed by atoms with van der Waals surface area (Å²) in [5.41, 5.74) is 5.41. The zero-order valence-corrected chi connectivity index (χ0v) is 16.9. The van der Waals surface area contributed by atoms with E-state index < -0.39 is 0 Å². The quantitative estimate of drug-likeness (QED) is 0.464. The lowest BCUT2D eigenvalue weighted by atomic mass is 10.2. The van der Waals surface area contributed by atoms with E-state index in [4.69, 9.17) is 33.3 Å². The van der Waals surface area contributed by atoms with Crippen molar-refractivity contribution in [1.29, 1.82) is 0 Å². The van der Waals surface area contributed by atoms with Gasteiger partial charge in [-0.25, -0.2) is 9.97 Å². The van der Waals surface area contributed by atoms with Crippen molar-refractivity contribution in [1.82, 2.24) is 19.6 Å². The summed E-state index contributed by atoms with van der Waals surface area (Å²) in [6, 6.07) is 9.53. The number of anilines is 2. The molecule has 0 amide bonds. The maximum absolute atomic E-state index is 6.17. The number of halogens is 2. The number of fused-ring (bicyclic) bond motifs is 3. The molecular formula is C20H19Cl2N5. The van der Waals surface area contributed by atoms with Gasteiger partial charge in [-0.15, -0.1) is 5.10 Å².